The molecule has 3 aliphatic heterocycles. The van der Waals surface area contributed by atoms with E-state index in [4.69, 9.17) is 23.5 Å². The number of carbonyl (C=O) groups is 1. The number of halogens is 1. The van der Waals surface area contributed by atoms with E-state index in [0.29, 0.717) is 49.5 Å². The molecule has 156 valence electrons. The number of hydrogen-bond acceptors (Lipinski definition) is 8. The number of carbonyl (C=O) groups excluding carboxylic acids is 1. The van der Waals surface area contributed by atoms with Gasteiger partial charge in [0.25, 0.3) is 0 Å². The van der Waals surface area contributed by atoms with Crippen molar-refractivity contribution < 1.29 is 32.7 Å². The van der Waals surface area contributed by atoms with Gasteiger partial charge >= 0.3 is 6.09 Å². The lowest BCUT2D eigenvalue weighted by Gasteiger charge is -2.38. The van der Waals surface area contributed by atoms with Crippen LogP contribution < -0.4 is 9.80 Å². The molecule has 0 aliphatic carbocycles. The molecular weight excluding hydrogens is 385 g/mol. The van der Waals surface area contributed by atoms with Crippen molar-refractivity contribution >= 4 is 28.6 Å². The second-order valence-electron chi connectivity index (χ2n) is 7.51. The maximum atomic E-state index is 15.8. The zero-order valence-corrected chi connectivity index (χ0v) is 16.2. The molecule has 3 saturated heterocycles. The second-order valence-corrected chi connectivity index (χ2v) is 7.51. The zero-order chi connectivity index (χ0) is 20.1. The van der Waals surface area contributed by atoms with E-state index in [1.165, 1.54) is 4.90 Å². The summed E-state index contributed by atoms with van der Waals surface area (Å²) in [7, 11) is 0. The Labute approximate surface area is 166 Å². The molecule has 0 N–H and O–H groups in total. The Kier molecular flexibility index (Phi) is 4.56. The van der Waals surface area contributed by atoms with E-state index in [1.54, 1.807) is 6.07 Å². The molecule has 3 fully saturated rings. The fourth-order valence-corrected chi connectivity index (χ4v) is 4.22. The fraction of sp³-hybridized carbons (Fsp3) is 0.579. The van der Waals surface area contributed by atoms with Crippen molar-refractivity contribution in [2.45, 2.75) is 32.3 Å². The molecule has 0 saturated carbocycles. The van der Waals surface area contributed by atoms with Crippen LogP contribution in [0.25, 0.3) is 11.0 Å². The molecule has 2 unspecified atom stereocenters. The Hall–Kier alpha value is -2.43. The molecule has 0 bridgehead atoms. The standard InChI is InChI=1S/C19H22FN3O6/c1-10-8-22(9-11(2)28-10)15-12(18-25-5-6-26-18)7-13-16(14(15)20)29-21-17(13)23-3-4-27-19(23)24/h7,10-11,18H,3-6,8-9H2,1-2H3. The van der Waals surface area contributed by atoms with Crippen molar-refractivity contribution in [3.63, 3.8) is 0 Å². The molecule has 1 aromatic heterocycles. The summed E-state index contributed by atoms with van der Waals surface area (Å²) in [4.78, 5) is 15.3. The molecule has 4 heterocycles. The number of ether oxygens (including phenoxy) is 4. The summed E-state index contributed by atoms with van der Waals surface area (Å²) in [5.41, 5.74) is 0.896. The summed E-state index contributed by atoms with van der Waals surface area (Å²) in [6.45, 7) is 6.37. The van der Waals surface area contributed by atoms with Crippen molar-refractivity contribution in [3.8, 4) is 0 Å². The molecule has 2 aromatic rings. The van der Waals surface area contributed by atoms with Gasteiger partial charge in [-0.15, -0.1) is 0 Å². The van der Waals surface area contributed by atoms with Crippen molar-refractivity contribution in [1.82, 2.24) is 5.16 Å². The molecule has 0 spiro atoms. The normalized spacial score (nSPS) is 26.0. The highest BCUT2D eigenvalue weighted by molar-refractivity contribution is 6.00. The van der Waals surface area contributed by atoms with E-state index in [2.05, 4.69) is 5.16 Å². The number of anilines is 2. The minimum Gasteiger partial charge on any atom is -0.447 e. The lowest BCUT2D eigenvalue weighted by molar-refractivity contribution is -0.0445. The SMILES string of the molecule is CC1CN(c2c(C3OCCO3)cc3c(N4CCOC4=O)noc3c2F)CC(C)O1. The smallest absolute Gasteiger partial charge is 0.415 e. The summed E-state index contributed by atoms with van der Waals surface area (Å²) >= 11 is 0. The molecule has 0 radical (unpaired) electrons. The van der Waals surface area contributed by atoms with E-state index >= 15 is 4.39 Å². The number of aromatic nitrogens is 1. The predicted molar refractivity (Wildman–Crippen MR) is 99.5 cm³/mol. The minimum absolute atomic E-state index is 0.0109. The van der Waals surface area contributed by atoms with Crippen molar-refractivity contribution in [2.75, 3.05) is 49.3 Å². The summed E-state index contributed by atoms with van der Waals surface area (Å²) in [6.07, 6.45) is -1.35. The molecule has 3 aliphatic rings. The number of fused-ring (bicyclic) bond motifs is 1. The first-order valence-corrected chi connectivity index (χ1v) is 9.72. The minimum atomic E-state index is -0.703. The van der Waals surface area contributed by atoms with Gasteiger partial charge in [-0.2, -0.15) is 0 Å². The summed E-state index contributed by atoms with van der Waals surface area (Å²) in [6, 6.07) is 1.74. The third-order valence-electron chi connectivity index (χ3n) is 5.32. The lowest BCUT2D eigenvalue weighted by atomic mass is 10.1. The monoisotopic (exact) mass is 407 g/mol. The van der Waals surface area contributed by atoms with E-state index in [-0.39, 0.29) is 30.2 Å². The number of cyclic esters (lactones) is 1. The van der Waals surface area contributed by atoms with Crippen LogP contribution in [-0.4, -0.2) is 62.9 Å². The van der Waals surface area contributed by atoms with Crippen LogP contribution in [0.3, 0.4) is 0 Å². The Morgan fingerprint density at radius 2 is 1.86 bits per heavy atom. The van der Waals surface area contributed by atoms with Gasteiger partial charge in [-0.25, -0.2) is 9.18 Å². The van der Waals surface area contributed by atoms with Gasteiger partial charge < -0.3 is 28.4 Å². The topological polar surface area (TPSA) is 86.5 Å². The Balaban J connectivity index is 1.66. The lowest BCUT2D eigenvalue weighted by Crippen LogP contribution is -2.46. The van der Waals surface area contributed by atoms with Crippen molar-refractivity contribution in [1.29, 1.82) is 0 Å². The third kappa shape index (κ3) is 3.11. The van der Waals surface area contributed by atoms with Crippen LogP contribution in [0.15, 0.2) is 10.6 Å². The van der Waals surface area contributed by atoms with Gasteiger partial charge in [0.2, 0.25) is 5.58 Å². The average Bonchev–Trinajstić information content (AvgIpc) is 3.40. The van der Waals surface area contributed by atoms with Gasteiger partial charge in [0.1, 0.15) is 6.61 Å². The summed E-state index contributed by atoms with van der Waals surface area (Å²) in [5.74, 6) is -0.319. The highest BCUT2D eigenvalue weighted by Crippen LogP contribution is 2.42. The van der Waals surface area contributed by atoms with Gasteiger partial charge in [0.05, 0.1) is 43.0 Å². The number of amides is 1. The Morgan fingerprint density at radius 1 is 1.14 bits per heavy atom. The van der Waals surface area contributed by atoms with Gasteiger partial charge in [-0.3, -0.25) is 4.90 Å². The summed E-state index contributed by atoms with van der Waals surface area (Å²) in [5, 5.41) is 4.34. The molecule has 29 heavy (non-hydrogen) atoms. The second kappa shape index (κ2) is 7.12. The first-order chi connectivity index (χ1) is 14.0. The van der Waals surface area contributed by atoms with Crippen LogP contribution in [-0.2, 0) is 18.9 Å². The van der Waals surface area contributed by atoms with E-state index in [0.717, 1.165) is 0 Å². The van der Waals surface area contributed by atoms with Crippen LogP contribution in [0.5, 0.6) is 0 Å². The van der Waals surface area contributed by atoms with Gasteiger partial charge in [0, 0.05) is 18.7 Å². The van der Waals surface area contributed by atoms with E-state index < -0.39 is 18.2 Å². The molecule has 1 aromatic carbocycles. The fourth-order valence-electron chi connectivity index (χ4n) is 4.22. The number of nitrogens with zero attached hydrogens (tertiary/aromatic N) is 3. The van der Waals surface area contributed by atoms with Gasteiger partial charge in [0.15, 0.2) is 17.9 Å². The van der Waals surface area contributed by atoms with Gasteiger partial charge in [-0.1, -0.05) is 5.16 Å². The van der Waals surface area contributed by atoms with Crippen molar-refractivity contribution in [2.24, 2.45) is 0 Å². The Bertz CT molecular complexity index is 934. The number of rotatable bonds is 3. The Morgan fingerprint density at radius 3 is 2.52 bits per heavy atom. The molecule has 10 heteroatoms. The highest BCUT2D eigenvalue weighted by Gasteiger charge is 2.35. The number of hydrogen-bond donors (Lipinski definition) is 0. The largest absolute Gasteiger partial charge is 0.447 e. The molecule has 1 amide bonds. The van der Waals surface area contributed by atoms with Crippen LogP contribution in [0.1, 0.15) is 25.7 Å². The summed E-state index contributed by atoms with van der Waals surface area (Å²) < 4.78 is 43.2. The molecule has 9 nitrogen and oxygen atoms in total. The van der Waals surface area contributed by atoms with Gasteiger partial charge in [-0.05, 0) is 19.9 Å². The first kappa shape index (κ1) is 18.6. The maximum absolute atomic E-state index is 15.8. The molecule has 2 atom stereocenters. The maximum Gasteiger partial charge on any atom is 0.415 e. The third-order valence-corrected chi connectivity index (χ3v) is 5.32. The quantitative estimate of drug-likeness (QED) is 0.768. The van der Waals surface area contributed by atoms with Crippen LogP contribution in [0, 0.1) is 5.82 Å². The van der Waals surface area contributed by atoms with Crippen LogP contribution in [0.2, 0.25) is 0 Å². The van der Waals surface area contributed by atoms with E-state index in [1.807, 2.05) is 18.7 Å². The molecular formula is C19H22FN3O6. The zero-order valence-electron chi connectivity index (χ0n) is 16.2. The van der Waals surface area contributed by atoms with Crippen LogP contribution >= 0.6 is 0 Å². The average molecular weight is 407 g/mol. The number of benzene rings is 1. The highest BCUT2D eigenvalue weighted by atomic mass is 19.1. The number of morpholine rings is 1. The predicted octanol–water partition coefficient (Wildman–Crippen LogP) is 2.58. The van der Waals surface area contributed by atoms with E-state index in [9.17, 15) is 4.79 Å². The van der Waals surface area contributed by atoms with Crippen molar-refractivity contribution in [3.05, 3.63) is 17.4 Å². The van der Waals surface area contributed by atoms with Crippen LogP contribution in [0.4, 0.5) is 20.7 Å². The molecule has 5 rings (SSSR count). The first-order valence-electron chi connectivity index (χ1n) is 9.72.